The Morgan fingerprint density at radius 2 is 2.09 bits per heavy atom. The minimum absolute atomic E-state index is 0.368. The van der Waals surface area contributed by atoms with Gasteiger partial charge >= 0.3 is 0 Å². The average molecular weight is 301 g/mol. The van der Waals surface area contributed by atoms with E-state index in [0.29, 0.717) is 24.2 Å². The fraction of sp³-hybridized carbons (Fsp3) is 0.375. The highest BCUT2D eigenvalue weighted by Gasteiger charge is 2.21. The van der Waals surface area contributed by atoms with Gasteiger partial charge in [-0.15, -0.1) is 0 Å². The van der Waals surface area contributed by atoms with Crippen LogP contribution in [0.3, 0.4) is 0 Å². The minimum atomic E-state index is 0.368. The molecule has 2 heterocycles. The number of fused-ring (bicyclic) bond motifs is 1. The molecule has 2 aromatic rings. The highest BCUT2D eigenvalue weighted by atomic mass is 16.5. The van der Waals surface area contributed by atoms with Gasteiger partial charge < -0.3 is 19.5 Å². The van der Waals surface area contributed by atoms with E-state index in [1.54, 1.807) is 26.6 Å². The third-order valence-electron chi connectivity index (χ3n) is 3.67. The lowest BCUT2D eigenvalue weighted by Gasteiger charge is -2.26. The molecular formula is C16H19N3O3. The van der Waals surface area contributed by atoms with Gasteiger partial charge in [-0.25, -0.2) is 9.97 Å². The average Bonchev–Trinajstić information content (AvgIpc) is 2.59. The molecule has 0 amide bonds. The molecule has 0 saturated carbocycles. The third-order valence-corrected chi connectivity index (χ3v) is 3.67. The van der Waals surface area contributed by atoms with Crippen LogP contribution in [-0.4, -0.2) is 37.3 Å². The van der Waals surface area contributed by atoms with Crippen LogP contribution in [-0.2, 0) is 6.42 Å². The summed E-state index contributed by atoms with van der Waals surface area (Å²) in [6.07, 6.45) is 4.20. The van der Waals surface area contributed by atoms with Gasteiger partial charge in [0.1, 0.15) is 11.5 Å². The van der Waals surface area contributed by atoms with E-state index in [1.165, 1.54) is 5.56 Å². The van der Waals surface area contributed by atoms with Crippen molar-refractivity contribution in [3.05, 3.63) is 36.2 Å². The normalized spacial score (nSPS) is 16.4. The summed E-state index contributed by atoms with van der Waals surface area (Å²) in [7, 11) is 3.24. The van der Waals surface area contributed by atoms with Crippen LogP contribution >= 0.6 is 0 Å². The SMILES string of the molecule is COc1ccc2c(c1)OCC(CNc1nccnc1OC)C2. The summed E-state index contributed by atoms with van der Waals surface area (Å²) >= 11 is 0. The quantitative estimate of drug-likeness (QED) is 0.913. The molecule has 0 fully saturated rings. The smallest absolute Gasteiger partial charge is 0.257 e. The summed E-state index contributed by atoms with van der Waals surface area (Å²) in [6.45, 7) is 1.41. The van der Waals surface area contributed by atoms with Crippen molar-refractivity contribution < 1.29 is 14.2 Å². The van der Waals surface area contributed by atoms with Crippen LogP contribution in [0, 0.1) is 5.92 Å². The molecule has 0 spiro atoms. The summed E-state index contributed by atoms with van der Waals surface area (Å²) in [4.78, 5) is 8.37. The second kappa shape index (κ2) is 6.51. The highest BCUT2D eigenvalue weighted by Crippen LogP contribution is 2.31. The molecule has 0 radical (unpaired) electrons. The van der Waals surface area contributed by atoms with E-state index in [-0.39, 0.29) is 0 Å². The Morgan fingerprint density at radius 1 is 1.23 bits per heavy atom. The zero-order valence-corrected chi connectivity index (χ0v) is 12.7. The number of ether oxygens (including phenoxy) is 3. The van der Waals surface area contributed by atoms with Gasteiger partial charge in [-0.2, -0.15) is 0 Å². The van der Waals surface area contributed by atoms with Crippen LogP contribution in [0.25, 0.3) is 0 Å². The lowest BCUT2D eigenvalue weighted by Crippen LogP contribution is -2.27. The van der Waals surface area contributed by atoms with Gasteiger partial charge in [0.2, 0.25) is 0 Å². The number of hydrogen-bond donors (Lipinski definition) is 1. The van der Waals surface area contributed by atoms with Gasteiger partial charge in [0.15, 0.2) is 5.82 Å². The number of benzene rings is 1. The fourth-order valence-corrected chi connectivity index (χ4v) is 2.51. The molecule has 3 rings (SSSR count). The first-order valence-corrected chi connectivity index (χ1v) is 7.18. The van der Waals surface area contributed by atoms with E-state index in [1.807, 2.05) is 12.1 Å². The van der Waals surface area contributed by atoms with Gasteiger partial charge in [0.25, 0.3) is 5.88 Å². The topological polar surface area (TPSA) is 65.5 Å². The van der Waals surface area contributed by atoms with Gasteiger partial charge in [0, 0.05) is 30.9 Å². The largest absolute Gasteiger partial charge is 0.497 e. The van der Waals surface area contributed by atoms with Crippen LogP contribution in [0.15, 0.2) is 30.6 Å². The van der Waals surface area contributed by atoms with Crippen molar-refractivity contribution in [2.75, 3.05) is 32.7 Å². The van der Waals surface area contributed by atoms with Gasteiger partial charge in [-0.05, 0) is 18.1 Å². The van der Waals surface area contributed by atoms with E-state index in [9.17, 15) is 0 Å². The molecule has 1 aromatic heterocycles. The Balaban J connectivity index is 1.63. The summed E-state index contributed by atoms with van der Waals surface area (Å²) in [5.41, 5.74) is 1.20. The Hall–Kier alpha value is -2.50. The molecule has 6 heteroatoms. The van der Waals surface area contributed by atoms with Crippen molar-refractivity contribution in [2.45, 2.75) is 6.42 Å². The van der Waals surface area contributed by atoms with Crippen LogP contribution in [0.4, 0.5) is 5.82 Å². The van der Waals surface area contributed by atoms with Crippen molar-refractivity contribution in [3.63, 3.8) is 0 Å². The Labute approximate surface area is 129 Å². The summed E-state index contributed by atoms with van der Waals surface area (Å²) in [6, 6.07) is 5.96. The van der Waals surface area contributed by atoms with Gasteiger partial charge in [0.05, 0.1) is 20.8 Å². The summed E-state index contributed by atoms with van der Waals surface area (Å²) in [5.74, 6) is 3.26. The lowest BCUT2D eigenvalue weighted by molar-refractivity contribution is 0.228. The van der Waals surface area contributed by atoms with Gasteiger partial charge in [-0.3, -0.25) is 0 Å². The van der Waals surface area contributed by atoms with Crippen LogP contribution in [0.5, 0.6) is 17.4 Å². The van der Waals surface area contributed by atoms with Crippen LogP contribution in [0.2, 0.25) is 0 Å². The molecule has 1 aromatic carbocycles. The second-order valence-electron chi connectivity index (χ2n) is 5.15. The van der Waals surface area contributed by atoms with E-state index in [2.05, 4.69) is 21.4 Å². The number of methoxy groups -OCH3 is 2. The molecular weight excluding hydrogens is 282 g/mol. The number of aromatic nitrogens is 2. The van der Waals surface area contributed by atoms with Gasteiger partial charge in [-0.1, -0.05) is 6.07 Å². The van der Waals surface area contributed by atoms with Crippen molar-refractivity contribution in [1.29, 1.82) is 0 Å². The standard InChI is InChI=1S/C16H19N3O3/c1-20-13-4-3-12-7-11(10-22-14(12)8-13)9-19-15-16(21-2)18-6-5-17-15/h3-6,8,11H,7,9-10H2,1-2H3,(H,17,19). The third kappa shape index (κ3) is 3.05. The number of nitrogens with zero attached hydrogens (tertiary/aromatic N) is 2. The molecule has 1 aliphatic rings. The molecule has 1 aliphatic heterocycles. The first-order chi connectivity index (χ1) is 10.8. The zero-order valence-electron chi connectivity index (χ0n) is 12.7. The Kier molecular flexibility index (Phi) is 4.27. The molecule has 0 saturated heterocycles. The van der Waals surface area contributed by atoms with Crippen molar-refractivity contribution in [3.8, 4) is 17.4 Å². The van der Waals surface area contributed by atoms with E-state index in [0.717, 1.165) is 24.5 Å². The monoisotopic (exact) mass is 301 g/mol. The fourth-order valence-electron chi connectivity index (χ4n) is 2.51. The molecule has 22 heavy (non-hydrogen) atoms. The Morgan fingerprint density at radius 3 is 2.91 bits per heavy atom. The molecule has 1 atom stereocenters. The molecule has 116 valence electrons. The van der Waals surface area contributed by atoms with E-state index in [4.69, 9.17) is 14.2 Å². The maximum atomic E-state index is 5.84. The van der Waals surface area contributed by atoms with Crippen molar-refractivity contribution in [1.82, 2.24) is 9.97 Å². The molecule has 1 N–H and O–H groups in total. The second-order valence-corrected chi connectivity index (χ2v) is 5.15. The number of nitrogens with one attached hydrogen (secondary N) is 1. The predicted molar refractivity (Wildman–Crippen MR) is 82.8 cm³/mol. The Bertz CT molecular complexity index is 648. The van der Waals surface area contributed by atoms with Crippen LogP contribution in [0.1, 0.15) is 5.56 Å². The predicted octanol–water partition coefficient (Wildman–Crippen LogP) is 2.16. The van der Waals surface area contributed by atoms with Crippen molar-refractivity contribution in [2.24, 2.45) is 5.92 Å². The molecule has 0 bridgehead atoms. The maximum absolute atomic E-state index is 5.84. The lowest BCUT2D eigenvalue weighted by atomic mass is 9.96. The molecule has 6 nitrogen and oxygen atoms in total. The highest BCUT2D eigenvalue weighted by molar-refractivity contribution is 5.45. The number of anilines is 1. The molecule has 0 aliphatic carbocycles. The number of hydrogen-bond acceptors (Lipinski definition) is 6. The zero-order chi connectivity index (χ0) is 15.4. The first-order valence-electron chi connectivity index (χ1n) is 7.18. The van der Waals surface area contributed by atoms with E-state index >= 15 is 0 Å². The number of rotatable bonds is 5. The van der Waals surface area contributed by atoms with Crippen molar-refractivity contribution >= 4 is 5.82 Å². The first kappa shape index (κ1) is 14.4. The maximum Gasteiger partial charge on any atom is 0.257 e. The summed E-state index contributed by atoms with van der Waals surface area (Å²) < 4.78 is 16.2. The minimum Gasteiger partial charge on any atom is -0.497 e. The van der Waals surface area contributed by atoms with E-state index < -0.39 is 0 Å². The van der Waals surface area contributed by atoms with Crippen LogP contribution < -0.4 is 19.5 Å². The summed E-state index contributed by atoms with van der Waals surface area (Å²) in [5, 5.41) is 3.28. The molecule has 1 unspecified atom stereocenters.